The van der Waals surface area contributed by atoms with Crippen LogP contribution in [-0.4, -0.2) is 22.1 Å². The van der Waals surface area contributed by atoms with Gasteiger partial charge < -0.3 is 9.84 Å². The first-order chi connectivity index (χ1) is 8.08. The Morgan fingerprint density at radius 3 is 2.47 bits per heavy atom. The molecule has 88 valence electrons. The van der Waals surface area contributed by atoms with Gasteiger partial charge in [0.2, 0.25) is 0 Å². The van der Waals surface area contributed by atoms with E-state index >= 15 is 0 Å². The SMILES string of the molecule is O=C1C=C[C@H]([C@H](O)c2ccc([N+](=O)[O-])cc2)O1. The van der Waals surface area contributed by atoms with E-state index in [1.165, 1.54) is 36.4 Å². The van der Waals surface area contributed by atoms with E-state index in [1.54, 1.807) is 0 Å². The maximum Gasteiger partial charge on any atom is 0.331 e. The lowest BCUT2D eigenvalue weighted by atomic mass is 10.0. The van der Waals surface area contributed by atoms with Crippen molar-refractivity contribution in [2.24, 2.45) is 0 Å². The molecule has 17 heavy (non-hydrogen) atoms. The fourth-order valence-electron chi connectivity index (χ4n) is 1.54. The number of hydrogen-bond acceptors (Lipinski definition) is 5. The molecule has 1 aliphatic heterocycles. The number of nitro groups is 1. The quantitative estimate of drug-likeness (QED) is 0.481. The number of hydrogen-bond donors (Lipinski definition) is 1. The number of carbonyl (C=O) groups is 1. The number of cyclic esters (lactones) is 1. The van der Waals surface area contributed by atoms with Gasteiger partial charge in [0.05, 0.1) is 4.92 Å². The molecule has 1 aromatic carbocycles. The van der Waals surface area contributed by atoms with Crippen LogP contribution in [0.3, 0.4) is 0 Å². The van der Waals surface area contributed by atoms with Crippen molar-refractivity contribution >= 4 is 11.7 Å². The molecule has 0 radical (unpaired) electrons. The molecule has 0 aromatic heterocycles. The normalized spacial score (nSPS) is 20.1. The van der Waals surface area contributed by atoms with Gasteiger partial charge in [0.25, 0.3) is 5.69 Å². The van der Waals surface area contributed by atoms with Gasteiger partial charge in [0.1, 0.15) is 6.10 Å². The Morgan fingerprint density at radius 1 is 1.35 bits per heavy atom. The van der Waals surface area contributed by atoms with E-state index in [1.807, 2.05) is 0 Å². The summed E-state index contributed by atoms with van der Waals surface area (Å²) in [5.74, 6) is -0.504. The second kappa shape index (κ2) is 4.34. The van der Waals surface area contributed by atoms with Crippen molar-refractivity contribution in [2.45, 2.75) is 12.2 Å². The van der Waals surface area contributed by atoms with E-state index in [-0.39, 0.29) is 5.69 Å². The molecule has 0 bridgehead atoms. The van der Waals surface area contributed by atoms with Gasteiger partial charge in [-0.1, -0.05) is 0 Å². The highest BCUT2D eigenvalue weighted by Gasteiger charge is 2.26. The highest BCUT2D eigenvalue weighted by atomic mass is 16.6. The lowest BCUT2D eigenvalue weighted by molar-refractivity contribution is -0.384. The van der Waals surface area contributed by atoms with Gasteiger partial charge in [-0.3, -0.25) is 10.1 Å². The smallest absolute Gasteiger partial charge is 0.331 e. The molecule has 1 aliphatic rings. The number of non-ortho nitro benzene ring substituents is 1. The first-order valence-electron chi connectivity index (χ1n) is 4.89. The van der Waals surface area contributed by atoms with Crippen molar-refractivity contribution in [3.8, 4) is 0 Å². The standard InChI is InChI=1S/C11H9NO5/c13-10-6-5-9(17-10)11(14)7-1-3-8(4-2-7)12(15)16/h1-6,9,11,14H/t9-,11-/m1/s1. The maximum atomic E-state index is 10.8. The summed E-state index contributed by atoms with van der Waals surface area (Å²) >= 11 is 0. The monoisotopic (exact) mass is 235 g/mol. The van der Waals surface area contributed by atoms with Crippen molar-refractivity contribution in [1.82, 2.24) is 0 Å². The Labute approximate surface area is 96.3 Å². The highest BCUT2D eigenvalue weighted by molar-refractivity contribution is 5.84. The third kappa shape index (κ3) is 2.31. The molecule has 1 heterocycles. The van der Waals surface area contributed by atoms with Crippen LogP contribution in [0.4, 0.5) is 5.69 Å². The Hall–Kier alpha value is -2.21. The van der Waals surface area contributed by atoms with E-state index in [9.17, 15) is 20.0 Å². The summed E-state index contributed by atoms with van der Waals surface area (Å²) in [4.78, 5) is 20.7. The molecule has 0 aliphatic carbocycles. The fraction of sp³-hybridized carbons (Fsp3) is 0.182. The average molecular weight is 235 g/mol. The Balaban J connectivity index is 2.14. The largest absolute Gasteiger partial charge is 0.452 e. The molecule has 0 amide bonds. The molecular weight excluding hydrogens is 226 g/mol. The summed E-state index contributed by atoms with van der Waals surface area (Å²) < 4.78 is 4.82. The third-order valence-corrected chi connectivity index (χ3v) is 2.43. The van der Waals surface area contributed by atoms with Crippen LogP contribution < -0.4 is 0 Å². The number of ether oxygens (including phenoxy) is 1. The Bertz CT molecular complexity index is 479. The molecule has 2 atom stereocenters. The average Bonchev–Trinajstić information content (AvgIpc) is 2.75. The number of aliphatic hydroxyl groups is 1. The third-order valence-electron chi connectivity index (χ3n) is 2.43. The summed E-state index contributed by atoms with van der Waals surface area (Å²) in [7, 11) is 0. The minimum Gasteiger partial charge on any atom is -0.452 e. The topological polar surface area (TPSA) is 89.7 Å². The minimum absolute atomic E-state index is 0.0556. The van der Waals surface area contributed by atoms with Crippen molar-refractivity contribution < 1.29 is 19.6 Å². The van der Waals surface area contributed by atoms with Gasteiger partial charge in [0.15, 0.2) is 6.10 Å². The summed E-state index contributed by atoms with van der Waals surface area (Å²) in [6, 6.07) is 5.45. The molecule has 0 spiro atoms. The van der Waals surface area contributed by atoms with Crippen LogP contribution in [0.25, 0.3) is 0 Å². The number of aliphatic hydroxyl groups excluding tert-OH is 1. The molecule has 0 saturated carbocycles. The Morgan fingerprint density at radius 2 is 2.00 bits per heavy atom. The summed E-state index contributed by atoms with van der Waals surface area (Å²) in [5.41, 5.74) is 0.403. The maximum absolute atomic E-state index is 10.8. The molecule has 0 unspecified atom stereocenters. The zero-order valence-corrected chi connectivity index (χ0v) is 8.65. The van der Waals surface area contributed by atoms with Crippen LogP contribution in [0, 0.1) is 10.1 Å². The van der Waals surface area contributed by atoms with Crippen molar-refractivity contribution in [2.75, 3.05) is 0 Å². The molecule has 0 fully saturated rings. The second-order valence-corrected chi connectivity index (χ2v) is 3.55. The first-order valence-corrected chi connectivity index (χ1v) is 4.89. The molecule has 6 nitrogen and oxygen atoms in total. The number of esters is 1. The fourth-order valence-corrected chi connectivity index (χ4v) is 1.54. The van der Waals surface area contributed by atoms with E-state index in [2.05, 4.69) is 0 Å². The predicted molar refractivity (Wildman–Crippen MR) is 57.1 cm³/mol. The van der Waals surface area contributed by atoms with Crippen LogP contribution in [0.5, 0.6) is 0 Å². The molecule has 0 saturated heterocycles. The molecular formula is C11H9NO5. The van der Waals surface area contributed by atoms with Gasteiger partial charge in [-0.2, -0.15) is 0 Å². The first kappa shape index (κ1) is 11.3. The number of carbonyl (C=O) groups excluding carboxylic acids is 1. The molecule has 6 heteroatoms. The molecule has 1 aromatic rings. The summed E-state index contributed by atoms with van der Waals surface area (Å²) in [6.45, 7) is 0. The van der Waals surface area contributed by atoms with Gasteiger partial charge in [-0.25, -0.2) is 4.79 Å². The highest BCUT2D eigenvalue weighted by Crippen LogP contribution is 2.24. The van der Waals surface area contributed by atoms with Gasteiger partial charge in [-0.05, 0) is 23.8 Å². The van der Waals surface area contributed by atoms with E-state index < -0.39 is 23.1 Å². The van der Waals surface area contributed by atoms with Gasteiger partial charge in [0, 0.05) is 18.2 Å². The zero-order valence-electron chi connectivity index (χ0n) is 8.65. The second-order valence-electron chi connectivity index (χ2n) is 3.55. The number of nitro benzene ring substituents is 1. The lowest BCUT2D eigenvalue weighted by Crippen LogP contribution is -2.18. The summed E-state index contributed by atoms with van der Waals surface area (Å²) in [5, 5.41) is 20.3. The number of rotatable bonds is 3. The van der Waals surface area contributed by atoms with Crippen molar-refractivity contribution in [3.05, 3.63) is 52.1 Å². The number of nitrogens with zero attached hydrogens (tertiary/aromatic N) is 1. The van der Waals surface area contributed by atoms with Crippen LogP contribution in [-0.2, 0) is 9.53 Å². The number of benzene rings is 1. The van der Waals surface area contributed by atoms with Crippen LogP contribution >= 0.6 is 0 Å². The van der Waals surface area contributed by atoms with Crippen LogP contribution in [0.15, 0.2) is 36.4 Å². The van der Waals surface area contributed by atoms with Crippen LogP contribution in [0.1, 0.15) is 11.7 Å². The van der Waals surface area contributed by atoms with Gasteiger partial charge in [-0.15, -0.1) is 0 Å². The Kier molecular flexibility index (Phi) is 2.88. The molecule has 2 rings (SSSR count). The lowest BCUT2D eigenvalue weighted by Gasteiger charge is -2.16. The zero-order chi connectivity index (χ0) is 12.4. The van der Waals surface area contributed by atoms with Crippen LogP contribution in [0.2, 0.25) is 0 Å². The predicted octanol–water partition coefficient (Wildman–Crippen LogP) is 1.11. The summed E-state index contributed by atoms with van der Waals surface area (Å²) in [6.07, 6.45) is 0.940. The molecule has 1 N–H and O–H groups in total. The minimum atomic E-state index is -1.02. The van der Waals surface area contributed by atoms with Crippen molar-refractivity contribution in [3.63, 3.8) is 0 Å². The van der Waals surface area contributed by atoms with Gasteiger partial charge >= 0.3 is 5.97 Å². The van der Waals surface area contributed by atoms with E-state index in [0.717, 1.165) is 0 Å². The van der Waals surface area contributed by atoms with Crippen molar-refractivity contribution in [1.29, 1.82) is 0 Å². The van der Waals surface area contributed by atoms with E-state index in [0.29, 0.717) is 5.56 Å². The van der Waals surface area contributed by atoms with E-state index in [4.69, 9.17) is 4.74 Å².